The Morgan fingerprint density at radius 2 is 1.68 bits per heavy atom. The summed E-state index contributed by atoms with van der Waals surface area (Å²) in [5.41, 5.74) is 2.08. The van der Waals surface area contributed by atoms with E-state index in [1.807, 2.05) is 35.4 Å². The number of phenolic OH excluding ortho intramolecular Hbond substituents is 1. The molecular formula is C25H28N4O4S. The van der Waals surface area contributed by atoms with Gasteiger partial charge in [0.25, 0.3) is 0 Å². The van der Waals surface area contributed by atoms with Crippen molar-refractivity contribution in [2.75, 3.05) is 44.2 Å². The van der Waals surface area contributed by atoms with Gasteiger partial charge >= 0.3 is 0 Å². The lowest BCUT2D eigenvalue weighted by Crippen LogP contribution is -2.53. The fraction of sp³-hybridized carbons (Fsp3) is 0.360. The minimum Gasteiger partial charge on any atom is -0.508 e. The van der Waals surface area contributed by atoms with Crippen molar-refractivity contribution in [3.05, 3.63) is 60.8 Å². The van der Waals surface area contributed by atoms with E-state index in [1.54, 1.807) is 0 Å². The van der Waals surface area contributed by atoms with Gasteiger partial charge in [-0.3, -0.25) is 9.78 Å². The first-order chi connectivity index (χ1) is 16.4. The number of carbonyl (C=O) groups is 1. The smallest absolute Gasteiger partial charge is 0.243 e. The Balaban J connectivity index is 1.24. The molecule has 2 aliphatic rings. The van der Waals surface area contributed by atoms with Crippen LogP contribution in [0.15, 0.2) is 65.7 Å². The van der Waals surface area contributed by atoms with Crippen molar-refractivity contribution in [1.82, 2.24) is 14.2 Å². The van der Waals surface area contributed by atoms with Crippen molar-refractivity contribution in [3.63, 3.8) is 0 Å². The van der Waals surface area contributed by atoms with Crippen molar-refractivity contribution >= 4 is 32.5 Å². The summed E-state index contributed by atoms with van der Waals surface area (Å²) >= 11 is 0. The molecule has 0 bridgehead atoms. The van der Waals surface area contributed by atoms with Crippen LogP contribution in [0.25, 0.3) is 10.9 Å². The van der Waals surface area contributed by atoms with Gasteiger partial charge in [0.1, 0.15) is 5.75 Å². The predicted molar refractivity (Wildman–Crippen MR) is 130 cm³/mol. The molecule has 34 heavy (non-hydrogen) atoms. The maximum absolute atomic E-state index is 13.3. The number of sulfonamides is 1. The molecule has 1 atom stereocenters. The van der Waals surface area contributed by atoms with Crippen LogP contribution in [0.1, 0.15) is 12.8 Å². The second kappa shape index (κ2) is 9.23. The van der Waals surface area contributed by atoms with Crippen molar-refractivity contribution in [1.29, 1.82) is 0 Å². The zero-order valence-corrected chi connectivity index (χ0v) is 19.7. The minimum atomic E-state index is -3.70. The Kier molecular flexibility index (Phi) is 6.14. The number of hydrogen-bond acceptors (Lipinski definition) is 6. The number of pyridine rings is 1. The fourth-order valence-corrected chi connectivity index (χ4v) is 6.44. The molecule has 9 heteroatoms. The second-order valence-corrected chi connectivity index (χ2v) is 10.8. The molecule has 1 aromatic heterocycles. The standard InChI is InChI=1S/C25H28N4O4S/c30-20-7-9-21(10-8-20)34(32,33)29-13-3-4-19(18-29)25(31)28-16-14-27(15-17-28)24-11-12-26-23-6-2-1-5-22(23)24/h1-2,5-12,19,30H,3-4,13-18H2. The van der Waals surface area contributed by atoms with Gasteiger partial charge in [-0.25, -0.2) is 8.42 Å². The van der Waals surface area contributed by atoms with Crippen molar-refractivity contribution < 1.29 is 18.3 Å². The van der Waals surface area contributed by atoms with Crippen molar-refractivity contribution in [2.45, 2.75) is 17.7 Å². The number of rotatable bonds is 4. The number of para-hydroxylation sites is 1. The zero-order valence-electron chi connectivity index (χ0n) is 18.9. The molecule has 2 aromatic carbocycles. The summed E-state index contributed by atoms with van der Waals surface area (Å²) in [5, 5.41) is 10.6. The average Bonchev–Trinajstić information content (AvgIpc) is 2.88. The molecule has 0 aliphatic carbocycles. The summed E-state index contributed by atoms with van der Waals surface area (Å²) in [7, 11) is -3.70. The van der Waals surface area contributed by atoms with E-state index in [4.69, 9.17) is 0 Å². The number of aromatic nitrogens is 1. The van der Waals surface area contributed by atoms with Gasteiger partial charge in [0, 0.05) is 56.5 Å². The van der Waals surface area contributed by atoms with Crippen LogP contribution >= 0.6 is 0 Å². The summed E-state index contributed by atoms with van der Waals surface area (Å²) in [6, 6.07) is 15.6. The summed E-state index contributed by atoms with van der Waals surface area (Å²) in [6.45, 7) is 3.25. The molecule has 5 rings (SSSR count). The van der Waals surface area contributed by atoms with E-state index in [2.05, 4.69) is 16.0 Å². The van der Waals surface area contributed by atoms with Crippen LogP contribution in [-0.4, -0.2) is 72.9 Å². The molecule has 1 N–H and O–H groups in total. The monoisotopic (exact) mass is 480 g/mol. The van der Waals surface area contributed by atoms with Crippen molar-refractivity contribution in [2.24, 2.45) is 5.92 Å². The van der Waals surface area contributed by atoms with Crippen LogP contribution in [0.2, 0.25) is 0 Å². The lowest BCUT2D eigenvalue weighted by atomic mass is 9.97. The zero-order chi connectivity index (χ0) is 23.7. The van der Waals surface area contributed by atoms with E-state index in [0.29, 0.717) is 32.5 Å². The number of hydrogen-bond donors (Lipinski definition) is 1. The number of phenols is 1. The first-order valence-electron chi connectivity index (χ1n) is 11.6. The maximum atomic E-state index is 13.3. The first-order valence-corrected chi connectivity index (χ1v) is 13.0. The summed E-state index contributed by atoms with van der Waals surface area (Å²) < 4.78 is 27.5. The van der Waals surface area contributed by atoms with Gasteiger partial charge in [0.05, 0.1) is 16.3 Å². The maximum Gasteiger partial charge on any atom is 0.243 e. The molecule has 178 valence electrons. The minimum absolute atomic E-state index is 0.0181. The molecular weight excluding hydrogens is 452 g/mol. The van der Waals surface area contributed by atoms with Gasteiger partial charge in [0.2, 0.25) is 15.9 Å². The molecule has 0 radical (unpaired) electrons. The Morgan fingerprint density at radius 1 is 0.941 bits per heavy atom. The van der Waals surface area contributed by atoms with E-state index in [-0.39, 0.29) is 29.0 Å². The quantitative estimate of drug-likeness (QED) is 0.617. The van der Waals surface area contributed by atoms with E-state index >= 15 is 0 Å². The third-order valence-corrected chi connectivity index (χ3v) is 8.65. The highest BCUT2D eigenvalue weighted by molar-refractivity contribution is 7.89. The van der Waals surface area contributed by atoms with E-state index < -0.39 is 10.0 Å². The first kappa shape index (κ1) is 22.6. The Bertz CT molecular complexity index is 1280. The predicted octanol–water partition coefficient (Wildman–Crippen LogP) is 2.69. The fourth-order valence-electron chi connectivity index (χ4n) is 4.91. The normalized spacial score (nSPS) is 19.9. The van der Waals surface area contributed by atoms with Crippen LogP contribution in [0.4, 0.5) is 5.69 Å². The number of nitrogens with zero attached hydrogens (tertiary/aromatic N) is 4. The Morgan fingerprint density at radius 3 is 2.44 bits per heavy atom. The van der Waals surface area contributed by atoms with Gasteiger partial charge in [-0.1, -0.05) is 18.2 Å². The lowest BCUT2D eigenvalue weighted by molar-refractivity contribution is -0.137. The summed E-state index contributed by atoms with van der Waals surface area (Å²) in [5.74, 6) is -0.289. The summed E-state index contributed by atoms with van der Waals surface area (Å²) in [6.07, 6.45) is 3.16. The third-order valence-electron chi connectivity index (χ3n) is 6.77. The average molecular weight is 481 g/mol. The number of amides is 1. The Labute approximate surface area is 199 Å². The molecule has 8 nitrogen and oxygen atoms in total. The van der Waals surface area contributed by atoms with Crippen LogP contribution in [-0.2, 0) is 14.8 Å². The molecule has 1 amide bonds. The largest absolute Gasteiger partial charge is 0.508 e. The summed E-state index contributed by atoms with van der Waals surface area (Å²) in [4.78, 5) is 22.0. The van der Waals surface area contributed by atoms with Crippen LogP contribution < -0.4 is 4.90 Å². The molecule has 2 aliphatic heterocycles. The van der Waals surface area contributed by atoms with Gasteiger partial charge in [-0.2, -0.15) is 4.31 Å². The number of carbonyl (C=O) groups excluding carboxylic acids is 1. The molecule has 2 saturated heterocycles. The molecule has 1 unspecified atom stereocenters. The van der Waals surface area contributed by atoms with E-state index in [1.165, 1.54) is 28.6 Å². The highest BCUT2D eigenvalue weighted by Gasteiger charge is 2.36. The number of benzene rings is 2. The SMILES string of the molecule is O=C(C1CCCN(S(=O)(=O)c2ccc(O)cc2)C1)N1CCN(c2ccnc3ccccc23)CC1. The number of piperazine rings is 1. The van der Waals surface area contributed by atoms with E-state index in [9.17, 15) is 18.3 Å². The molecule has 3 heterocycles. The molecule has 2 fully saturated rings. The highest BCUT2D eigenvalue weighted by Crippen LogP contribution is 2.28. The topological polar surface area (TPSA) is 94.0 Å². The number of aromatic hydroxyl groups is 1. The van der Waals surface area contributed by atoms with Gasteiger partial charge in [-0.05, 0) is 49.2 Å². The van der Waals surface area contributed by atoms with Crippen LogP contribution in [0, 0.1) is 5.92 Å². The van der Waals surface area contributed by atoms with Crippen molar-refractivity contribution in [3.8, 4) is 5.75 Å². The van der Waals surface area contributed by atoms with Gasteiger partial charge in [0.15, 0.2) is 0 Å². The van der Waals surface area contributed by atoms with Gasteiger partial charge < -0.3 is 14.9 Å². The van der Waals surface area contributed by atoms with Crippen LogP contribution in [0.3, 0.4) is 0 Å². The number of piperidine rings is 1. The van der Waals surface area contributed by atoms with Gasteiger partial charge in [-0.15, -0.1) is 0 Å². The van der Waals surface area contributed by atoms with E-state index in [0.717, 1.165) is 29.7 Å². The Hall–Kier alpha value is -3.17. The second-order valence-electron chi connectivity index (χ2n) is 8.86. The third kappa shape index (κ3) is 4.33. The lowest BCUT2D eigenvalue weighted by Gasteiger charge is -2.39. The molecule has 0 saturated carbocycles. The molecule has 0 spiro atoms. The molecule has 3 aromatic rings. The van der Waals surface area contributed by atoms with Crippen LogP contribution in [0.5, 0.6) is 5.75 Å². The number of fused-ring (bicyclic) bond motifs is 1. The number of anilines is 1. The highest BCUT2D eigenvalue weighted by atomic mass is 32.2.